The molecular weight excluding hydrogens is 260 g/mol. The smallest absolute Gasteiger partial charge is 0.231 e. The fourth-order valence-electron chi connectivity index (χ4n) is 2.93. The summed E-state index contributed by atoms with van der Waals surface area (Å²) in [6.07, 6.45) is 4.04. The molecule has 1 aromatic carbocycles. The summed E-state index contributed by atoms with van der Waals surface area (Å²) in [6, 6.07) is 6.91. The van der Waals surface area contributed by atoms with Crippen LogP contribution in [0.2, 0.25) is 0 Å². The van der Waals surface area contributed by atoms with Crippen LogP contribution in [0.15, 0.2) is 18.2 Å². The monoisotopic (exact) mass is 288 g/mol. The number of carbonyl (C=O) groups is 1. The van der Waals surface area contributed by atoms with Crippen LogP contribution in [-0.4, -0.2) is 19.5 Å². The summed E-state index contributed by atoms with van der Waals surface area (Å²) in [4.78, 5) is 13.6. The lowest BCUT2D eigenvalue weighted by atomic mass is 9.93. The van der Waals surface area contributed by atoms with Gasteiger partial charge < -0.3 is 10.2 Å². The second-order valence-corrected chi connectivity index (χ2v) is 6.27. The predicted molar refractivity (Wildman–Crippen MR) is 88.7 cm³/mol. The van der Waals surface area contributed by atoms with E-state index >= 15 is 0 Å². The standard InChI is InChI=1S/C18H28N2O/c1-5-9-19-16(10-13(3)6-2)14-7-8-17-15(11-14)12-18(21)20(17)4/h7-8,11,13,16,19H,5-6,9-10,12H2,1-4H3. The highest BCUT2D eigenvalue weighted by Crippen LogP contribution is 2.32. The molecule has 3 heteroatoms. The summed E-state index contributed by atoms with van der Waals surface area (Å²) >= 11 is 0. The minimum Gasteiger partial charge on any atom is -0.315 e. The summed E-state index contributed by atoms with van der Waals surface area (Å²) in [5.74, 6) is 0.902. The van der Waals surface area contributed by atoms with Gasteiger partial charge in [-0.2, -0.15) is 0 Å². The van der Waals surface area contributed by atoms with Crippen molar-refractivity contribution in [2.45, 2.75) is 52.5 Å². The Kier molecular flexibility index (Phi) is 5.40. The van der Waals surface area contributed by atoms with Crippen LogP contribution in [0.4, 0.5) is 5.69 Å². The van der Waals surface area contributed by atoms with Gasteiger partial charge in [0.25, 0.3) is 0 Å². The van der Waals surface area contributed by atoms with Gasteiger partial charge in [0, 0.05) is 18.8 Å². The van der Waals surface area contributed by atoms with Gasteiger partial charge in [0.05, 0.1) is 6.42 Å². The third-order valence-electron chi connectivity index (χ3n) is 4.56. The molecule has 2 unspecified atom stereocenters. The van der Waals surface area contributed by atoms with Crippen molar-refractivity contribution in [3.8, 4) is 0 Å². The lowest BCUT2D eigenvalue weighted by Gasteiger charge is -2.23. The fraction of sp³-hybridized carbons (Fsp3) is 0.611. The lowest BCUT2D eigenvalue weighted by molar-refractivity contribution is -0.117. The highest BCUT2D eigenvalue weighted by atomic mass is 16.2. The van der Waals surface area contributed by atoms with Gasteiger partial charge in [0.2, 0.25) is 5.91 Å². The summed E-state index contributed by atoms with van der Waals surface area (Å²) in [6.45, 7) is 7.80. The number of carbonyl (C=O) groups excluding carboxylic acids is 1. The molecule has 21 heavy (non-hydrogen) atoms. The summed E-state index contributed by atoms with van der Waals surface area (Å²) in [5.41, 5.74) is 3.57. The number of nitrogens with one attached hydrogen (secondary N) is 1. The van der Waals surface area contributed by atoms with Crippen molar-refractivity contribution in [1.82, 2.24) is 5.32 Å². The second kappa shape index (κ2) is 7.08. The number of benzene rings is 1. The van der Waals surface area contributed by atoms with Gasteiger partial charge in [-0.15, -0.1) is 0 Å². The number of nitrogens with zero attached hydrogens (tertiary/aromatic N) is 1. The maximum absolute atomic E-state index is 11.8. The molecule has 0 bridgehead atoms. The zero-order valence-electron chi connectivity index (χ0n) is 13.8. The number of rotatable bonds is 7. The molecule has 1 aliphatic rings. The number of hydrogen-bond acceptors (Lipinski definition) is 2. The van der Waals surface area contributed by atoms with E-state index in [4.69, 9.17) is 0 Å². The molecule has 1 N–H and O–H groups in total. The molecule has 1 heterocycles. The molecule has 0 radical (unpaired) electrons. The van der Waals surface area contributed by atoms with E-state index in [0.717, 1.165) is 25.1 Å². The van der Waals surface area contributed by atoms with Crippen LogP contribution in [-0.2, 0) is 11.2 Å². The summed E-state index contributed by atoms with van der Waals surface area (Å²) < 4.78 is 0. The van der Waals surface area contributed by atoms with E-state index in [-0.39, 0.29) is 5.91 Å². The minimum absolute atomic E-state index is 0.196. The van der Waals surface area contributed by atoms with Crippen LogP contribution < -0.4 is 10.2 Å². The van der Waals surface area contributed by atoms with Gasteiger partial charge >= 0.3 is 0 Å². The zero-order chi connectivity index (χ0) is 15.4. The van der Waals surface area contributed by atoms with Crippen molar-refractivity contribution in [2.75, 3.05) is 18.5 Å². The van der Waals surface area contributed by atoms with Gasteiger partial charge in [-0.25, -0.2) is 0 Å². The second-order valence-electron chi connectivity index (χ2n) is 6.27. The maximum Gasteiger partial charge on any atom is 0.231 e. The average Bonchev–Trinajstić information content (AvgIpc) is 2.77. The highest BCUT2D eigenvalue weighted by Gasteiger charge is 2.25. The van der Waals surface area contributed by atoms with Gasteiger partial charge in [0.15, 0.2) is 0 Å². The van der Waals surface area contributed by atoms with Crippen molar-refractivity contribution in [3.05, 3.63) is 29.3 Å². The first-order chi connectivity index (χ1) is 10.1. The van der Waals surface area contributed by atoms with Gasteiger partial charge in [0.1, 0.15) is 0 Å². The van der Waals surface area contributed by atoms with Crippen LogP contribution in [0, 0.1) is 5.92 Å². The normalized spacial score (nSPS) is 17.0. The molecule has 0 fully saturated rings. The van der Waals surface area contributed by atoms with E-state index in [0.29, 0.717) is 18.4 Å². The predicted octanol–water partition coefficient (Wildman–Crippen LogP) is 3.68. The molecule has 2 rings (SSSR count). The Hall–Kier alpha value is -1.35. The Labute approximate surface area is 128 Å². The first-order valence-corrected chi connectivity index (χ1v) is 8.19. The van der Waals surface area contributed by atoms with E-state index in [1.807, 2.05) is 7.05 Å². The Balaban J connectivity index is 2.20. The molecule has 0 saturated carbocycles. The third kappa shape index (κ3) is 3.65. The summed E-state index contributed by atoms with van der Waals surface area (Å²) in [7, 11) is 1.86. The topological polar surface area (TPSA) is 32.3 Å². The van der Waals surface area contributed by atoms with E-state index in [2.05, 4.69) is 44.3 Å². The van der Waals surface area contributed by atoms with Crippen LogP contribution in [0.1, 0.15) is 57.2 Å². The van der Waals surface area contributed by atoms with Gasteiger partial charge in [-0.1, -0.05) is 39.3 Å². The Morgan fingerprint density at radius 2 is 2.10 bits per heavy atom. The first kappa shape index (κ1) is 16.0. The van der Waals surface area contributed by atoms with E-state index in [1.54, 1.807) is 4.90 Å². The van der Waals surface area contributed by atoms with Crippen LogP contribution >= 0.6 is 0 Å². The molecule has 1 aliphatic heterocycles. The van der Waals surface area contributed by atoms with Crippen LogP contribution in [0.5, 0.6) is 0 Å². The maximum atomic E-state index is 11.8. The van der Waals surface area contributed by atoms with Crippen molar-refractivity contribution < 1.29 is 4.79 Å². The number of fused-ring (bicyclic) bond motifs is 1. The average molecular weight is 288 g/mol. The number of anilines is 1. The Bertz CT molecular complexity index is 498. The number of hydrogen-bond donors (Lipinski definition) is 1. The molecule has 1 amide bonds. The first-order valence-electron chi connectivity index (χ1n) is 8.19. The quantitative estimate of drug-likeness (QED) is 0.830. The molecule has 0 aliphatic carbocycles. The molecule has 116 valence electrons. The SMILES string of the molecule is CCCNC(CC(C)CC)c1ccc2c(c1)CC(=O)N2C. The number of likely N-dealkylation sites (N-methyl/N-ethyl adjacent to an activating group) is 1. The molecular formula is C18H28N2O. The number of amides is 1. The van der Waals surface area contributed by atoms with E-state index in [9.17, 15) is 4.79 Å². The van der Waals surface area contributed by atoms with Crippen LogP contribution in [0.3, 0.4) is 0 Å². The minimum atomic E-state index is 0.196. The molecule has 0 spiro atoms. The molecule has 3 nitrogen and oxygen atoms in total. The summed E-state index contributed by atoms with van der Waals surface area (Å²) in [5, 5.41) is 3.67. The van der Waals surface area contributed by atoms with Crippen LogP contribution in [0.25, 0.3) is 0 Å². The van der Waals surface area contributed by atoms with Crippen molar-refractivity contribution >= 4 is 11.6 Å². The van der Waals surface area contributed by atoms with E-state index in [1.165, 1.54) is 17.5 Å². The van der Waals surface area contributed by atoms with Gasteiger partial charge in [-0.3, -0.25) is 4.79 Å². The van der Waals surface area contributed by atoms with Gasteiger partial charge in [-0.05, 0) is 42.5 Å². The zero-order valence-corrected chi connectivity index (χ0v) is 13.8. The largest absolute Gasteiger partial charge is 0.315 e. The molecule has 0 saturated heterocycles. The van der Waals surface area contributed by atoms with Crippen molar-refractivity contribution in [1.29, 1.82) is 0 Å². The molecule has 1 aromatic rings. The van der Waals surface area contributed by atoms with Crippen molar-refractivity contribution in [3.63, 3.8) is 0 Å². The Morgan fingerprint density at radius 1 is 1.33 bits per heavy atom. The van der Waals surface area contributed by atoms with Crippen molar-refractivity contribution in [2.24, 2.45) is 5.92 Å². The molecule has 2 atom stereocenters. The molecule has 0 aromatic heterocycles. The lowest BCUT2D eigenvalue weighted by Crippen LogP contribution is -2.24. The van der Waals surface area contributed by atoms with E-state index < -0.39 is 0 Å². The third-order valence-corrected chi connectivity index (χ3v) is 4.56. The highest BCUT2D eigenvalue weighted by molar-refractivity contribution is 6.00. The fourth-order valence-corrected chi connectivity index (χ4v) is 2.93. The Morgan fingerprint density at radius 3 is 2.76 bits per heavy atom.